The number of nitrogens with zero attached hydrogens (tertiary/aromatic N) is 1. The van der Waals surface area contributed by atoms with Crippen LogP contribution in [-0.4, -0.2) is 31.0 Å². The number of hydrogen-bond acceptors (Lipinski definition) is 2. The highest BCUT2D eigenvalue weighted by atomic mass is 19.4. The molecule has 0 unspecified atom stereocenters. The lowest BCUT2D eigenvalue weighted by molar-refractivity contribution is -0.166. The van der Waals surface area contributed by atoms with Crippen LogP contribution in [0.3, 0.4) is 0 Å². The molecule has 0 rings (SSSR count). The van der Waals surface area contributed by atoms with Crippen molar-refractivity contribution in [3.8, 4) is 0 Å². The monoisotopic (exact) mass is 181 g/mol. The van der Waals surface area contributed by atoms with E-state index in [0.29, 0.717) is 0 Å². The molecule has 0 aliphatic carbocycles. The third-order valence-electron chi connectivity index (χ3n) is 1.07. The number of halogens is 3. The summed E-state index contributed by atoms with van der Waals surface area (Å²) in [6, 6.07) is 0. The molecular weight excluding hydrogens is 171 g/mol. The molecule has 2 nitrogen and oxygen atoms in total. The Labute approximate surface area is 68.7 Å². The van der Waals surface area contributed by atoms with Crippen molar-refractivity contribution in [3.05, 3.63) is 11.8 Å². The number of carbonyl (C=O) groups is 1. The number of hydrogen-bond donors (Lipinski definition) is 0. The Morgan fingerprint density at radius 3 is 2.00 bits per heavy atom. The second-order valence-corrected chi connectivity index (χ2v) is 2.60. The number of rotatable bonds is 2. The molecule has 0 spiro atoms. The molecule has 0 heterocycles. The molecule has 0 N–H and O–H groups in total. The van der Waals surface area contributed by atoms with Crippen molar-refractivity contribution in [2.75, 3.05) is 14.1 Å². The molecule has 0 fully saturated rings. The first kappa shape index (κ1) is 11.0. The third kappa shape index (κ3) is 3.41. The van der Waals surface area contributed by atoms with E-state index >= 15 is 0 Å². The van der Waals surface area contributed by atoms with E-state index < -0.39 is 12.0 Å². The number of ketones is 1. The maximum atomic E-state index is 11.7. The van der Waals surface area contributed by atoms with Crippen LogP contribution in [0.4, 0.5) is 13.2 Å². The summed E-state index contributed by atoms with van der Waals surface area (Å²) in [6.07, 6.45) is -3.63. The lowest BCUT2D eigenvalue weighted by atomic mass is 10.2. The van der Waals surface area contributed by atoms with Gasteiger partial charge in [-0.05, 0) is 6.92 Å². The van der Waals surface area contributed by atoms with Crippen LogP contribution in [0.25, 0.3) is 0 Å². The molecule has 0 saturated heterocycles. The fraction of sp³-hybridized carbons (Fsp3) is 0.571. The van der Waals surface area contributed by atoms with Crippen molar-refractivity contribution in [1.82, 2.24) is 4.90 Å². The van der Waals surface area contributed by atoms with Crippen LogP contribution in [0, 0.1) is 0 Å². The Balaban J connectivity index is 4.51. The number of alkyl halides is 3. The minimum absolute atomic E-state index is 0.312. The van der Waals surface area contributed by atoms with Gasteiger partial charge < -0.3 is 4.90 Å². The fourth-order valence-corrected chi connectivity index (χ4v) is 0.669. The molecule has 0 aliphatic rings. The van der Waals surface area contributed by atoms with E-state index in [4.69, 9.17) is 0 Å². The zero-order chi connectivity index (χ0) is 9.94. The molecule has 12 heavy (non-hydrogen) atoms. The number of Topliss-reactive ketones (excluding diaryl/α,β-unsaturated/α-hetero) is 1. The summed E-state index contributed by atoms with van der Waals surface area (Å²) in [4.78, 5) is 11.9. The van der Waals surface area contributed by atoms with Crippen LogP contribution in [0.5, 0.6) is 0 Å². The van der Waals surface area contributed by atoms with Gasteiger partial charge in [-0.3, -0.25) is 4.79 Å². The SMILES string of the molecule is C/C(=C\N(C)C)C(=O)C(F)(F)F. The summed E-state index contributed by atoms with van der Waals surface area (Å²) >= 11 is 0. The van der Waals surface area contributed by atoms with Gasteiger partial charge in [0, 0.05) is 25.9 Å². The summed E-state index contributed by atoms with van der Waals surface area (Å²) < 4.78 is 35.2. The fourth-order valence-electron chi connectivity index (χ4n) is 0.669. The van der Waals surface area contributed by atoms with Crippen LogP contribution in [0.2, 0.25) is 0 Å². The average Bonchev–Trinajstić information content (AvgIpc) is 1.82. The Kier molecular flexibility index (Phi) is 3.30. The van der Waals surface area contributed by atoms with Crippen molar-refractivity contribution in [2.45, 2.75) is 13.1 Å². The second kappa shape index (κ2) is 3.60. The minimum Gasteiger partial charge on any atom is -0.383 e. The van der Waals surface area contributed by atoms with Crippen molar-refractivity contribution < 1.29 is 18.0 Å². The van der Waals surface area contributed by atoms with Gasteiger partial charge >= 0.3 is 6.18 Å². The third-order valence-corrected chi connectivity index (χ3v) is 1.07. The minimum atomic E-state index is -4.77. The summed E-state index contributed by atoms with van der Waals surface area (Å²) in [6.45, 7) is 1.13. The van der Waals surface area contributed by atoms with Crippen LogP contribution in [-0.2, 0) is 4.79 Å². The molecule has 0 amide bonds. The van der Waals surface area contributed by atoms with Crippen LogP contribution < -0.4 is 0 Å². The van der Waals surface area contributed by atoms with Gasteiger partial charge in [0.1, 0.15) is 0 Å². The van der Waals surface area contributed by atoms with Crippen molar-refractivity contribution in [1.29, 1.82) is 0 Å². The molecule has 0 saturated carbocycles. The van der Waals surface area contributed by atoms with Gasteiger partial charge in [-0.15, -0.1) is 0 Å². The molecule has 70 valence electrons. The van der Waals surface area contributed by atoms with Gasteiger partial charge in [0.05, 0.1) is 0 Å². The predicted molar refractivity (Wildman–Crippen MR) is 38.5 cm³/mol. The van der Waals surface area contributed by atoms with E-state index in [1.165, 1.54) is 4.90 Å². The Bertz CT molecular complexity index is 205. The average molecular weight is 181 g/mol. The van der Waals surface area contributed by atoms with Gasteiger partial charge in [0.25, 0.3) is 5.78 Å². The quantitative estimate of drug-likeness (QED) is 0.603. The van der Waals surface area contributed by atoms with E-state index in [1.54, 1.807) is 14.1 Å². The Hall–Kier alpha value is -1.00. The maximum Gasteiger partial charge on any atom is 0.454 e. The van der Waals surface area contributed by atoms with E-state index in [-0.39, 0.29) is 5.57 Å². The zero-order valence-corrected chi connectivity index (χ0v) is 7.07. The largest absolute Gasteiger partial charge is 0.454 e. The highest BCUT2D eigenvalue weighted by molar-refractivity contribution is 5.98. The smallest absolute Gasteiger partial charge is 0.383 e. The summed E-state index contributed by atoms with van der Waals surface area (Å²) in [5.41, 5.74) is -0.312. The zero-order valence-electron chi connectivity index (χ0n) is 7.07. The highest BCUT2D eigenvalue weighted by Gasteiger charge is 2.39. The Morgan fingerprint density at radius 2 is 1.75 bits per heavy atom. The molecule has 0 aromatic carbocycles. The van der Waals surface area contributed by atoms with E-state index in [2.05, 4.69) is 0 Å². The molecule has 0 radical (unpaired) electrons. The van der Waals surface area contributed by atoms with Gasteiger partial charge in [-0.25, -0.2) is 0 Å². The van der Waals surface area contributed by atoms with Crippen LogP contribution in [0.1, 0.15) is 6.92 Å². The predicted octanol–water partition coefficient (Wildman–Crippen LogP) is 1.58. The Morgan fingerprint density at radius 1 is 1.33 bits per heavy atom. The van der Waals surface area contributed by atoms with Crippen LogP contribution in [0.15, 0.2) is 11.8 Å². The molecule has 5 heteroatoms. The van der Waals surface area contributed by atoms with Crippen molar-refractivity contribution in [3.63, 3.8) is 0 Å². The molecule has 0 aliphatic heterocycles. The maximum absolute atomic E-state index is 11.7. The number of carbonyl (C=O) groups excluding carboxylic acids is 1. The van der Waals surface area contributed by atoms with Crippen LogP contribution >= 0.6 is 0 Å². The first-order valence-corrected chi connectivity index (χ1v) is 3.21. The molecule has 0 bridgehead atoms. The van der Waals surface area contributed by atoms with E-state index in [1.807, 2.05) is 0 Å². The topological polar surface area (TPSA) is 20.3 Å². The standard InChI is InChI=1S/C7H10F3NO/c1-5(4-11(2)3)6(12)7(8,9)10/h4H,1-3H3/b5-4+. The first-order valence-electron chi connectivity index (χ1n) is 3.21. The summed E-state index contributed by atoms with van der Waals surface area (Å²) in [5, 5.41) is 0. The summed E-state index contributed by atoms with van der Waals surface area (Å²) in [5.74, 6) is -1.80. The van der Waals surface area contributed by atoms with Gasteiger partial charge in [-0.1, -0.05) is 0 Å². The first-order chi connectivity index (χ1) is 5.25. The van der Waals surface area contributed by atoms with Gasteiger partial charge in [-0.2, -0.15) is 13.2 Å². The highest BCUT2D eigenvalue weighted by Crippen LogP contribution is 2.20. The normalized spacial score (nSPS) is 13.0. The van der Waals surface area contributed by atoms with E-state index in [0.717, 1.165) is 13.1 Å². The van der Waals surface area contributed by atoms with Crippen molar-refractivity contribution in [2.24, 2.45) is 0 Å². The molecule has 0 aromatic heterocycles. The van der Waals surface area contributed by atoms with Crippen molar-refractivity contribution >= 4 is 5.78 Å². The van der Waals surface area contributed by atoms with E-state index in [9.17, 15) is 18.0 Å². The lowest BCUT2D eigenvalue weighted by Crippen LogP contribution is -2.24. The van der Waals surface area contributed by atoms with Gasteiger partial charge in [0.2, 0.25) is 0 Å². The lowest BCUT2D eigenvalue weighted by Gasteiger charge is -2.08. The summed E-state index contributed by atoms with van der Waals surface area (Å²) in [7, 11) is 3.10. The molecular formula is C7H10F3NO. The molecule has 0 aromatic rings. The second-order valence-electron chi connectivity index (χ2n) is 2.60. The molecule has 0 atom stereocenters. The number of allylic oxidation sites excluding steroid dienone is 1. The van der Waals surface area contributed by atoms with Gasteiger partial charge in [0.15, 0.2) is 0 Å².